The molecule has 0 aliphatic carbocycles. The SMILES string of the molecule is Cc1[nH]c2ccc(F)cc2c1C(=O)CC(C)C. The summed E-state index contributed by atoms with van der Waals surface area (Å²) in [5.41, 5.74) is 2.26. The second-order valence-electron chi connectivity index (χ2n) is 4.84. The lowest BCUT2D eigenvalue weighted by Gasteiger charge is -2.04. The lowest BCUT2D eigenvalue weighted by molar-refractivity contribution is 0.0969. The number of aromatic amines is 1. The second-order valence-corrected chi connectivity index (χ2v) is 4.84. The van der Waals surface area contributed by atoms with Gasteiger partial charge >= 0.3 is 0 Å². The molecule has 0 saturated carbocycles. The molecule has 1 aromatic heterocycles. The second kappa shape index (κ2) is 4.32. The van der Waals surface area contributed by atoms with Gasteiger partial charge in [0.25, 0.3) is 0 Å². The number of aryl methyl sites for hydroxylation is 1. The highest BCUT2D eigenvalue weighted by Gasteiger charge is 2.17. The van der Waals surface area contributed by atoms with E-state index in [1.807, 2.05) is 20.8 Å². The molecule has 0 amide bonds. The molecule has 1 heterocycles. The molecule has 17 heavy (non-hydrogen) atoms. The van der Waals surface area contributed by atoms with E-state index in [9.17, 15) is 9.18 Å². The van der Waals surface area contributed by atoms with Crippen LogP contribution in [-0.2, 0) is 0 Å². The van der Waals surface area contributed by atoms with E-state index in [1.54, 1.807) is 6.07 Å². The highest BCUT2D eigenvalue weighted by Crippen LogP contribution is 2.25. The Bertz CT molecular complexity index is 569. The molecule has 0 atom stereocenters. The summed E-state index contributed by atoms with van der Waals surface area (Å²) >= 11 is 0. The average molecular weight is 233 g/mol. The Morgan fingerprint density at radius 2 is 2.12 bits per heavy atom. The van der Waals surface area contributed by atoms with Gasteiger partial charge in [0, 0.05) is 28.6 Å². The molecule has 0 radical (unpaired) electrons. The summed E-state index contributed by atoms with van der Waals surface area (Å²) in [6.45, 7) is 5.86. The Morgan fingerprint density at radius 1 is 1.41 bits per heavy atom. The van der Waals surface area contributed by atoms with Crippen LogP contribution in [0.5, 0.6) is 0 Å². The molecule has 2 nitrogen and oxygen atoms in total. The van der Waals surface area contributed by atoms with Crippen molar-refractivity contribution in [3.05, 3.63) is 35.3 Å². The van der Waals surface area contributed by atoms with E-state index in [2.05, 4.69) is 4.98 Å². The van der Waals surface area contributed by atoms with Crippen LogP contribution in [0.4, 0.5) is 4.39 Å². The molecule has 1 N–H and O–H groups in total. The van der Waals surface area contributed by atoms with Gasteiger partial charge in [-0.3, -0.25) is 4.79 Å². The quantitative estimate of drug-likeness (QED) is 0.802. The number of hydrogen-bond acceptors (Lipinski definition) is 1. The third kappa shape index (κ3) is 2.23. The van der Waals surface area contributed by atoms with Crippen LogP contribution in [0.15, 0.2) is 18.2 Å². The maximum absolute atomic E-state index is 13.2. The number of fused-ring (bicyclic) bond motifs is 1. The number of benzene rings is 1. The molecule has 3 heteroatoms. The summed E-state index contributed by atoms with van der Waals surface area (Å²) in [7, 11) is 0. The zero-order valence-corrected chi connectivity index (χ0v) is 10.3. The number of aromatic nitrogens is 1. The molecule has 0 bridgehead atoms. The number of halogens is 1. The molecule has 1 aromatic carbocycles. The molecule has 0 spiro atoms. The average Bonchev–Trinajstić information content (AvgIpc) is 2.52. The predicted molar refractivity (Wildman–Crippen MR) is 66.8 cm³/mol. The number of rotatable bonds is 3. The van der Waals surface area contributed by atoms with Crippen molar-refractivity contribution in [3.8, 4) is 0 Å². The van der Waals surface area contributed by atoms with Gasteiger partial charge in [-0.05, 0) is 31.0 Å². The van der Waals surface area contributed by atoms with E-state index in [0.717, 1.165) is 11.2 Å². The maximum atomic E-state index is 13.2. The largest absolute Gasteiger partial charge is 0.358 e. The Morgan fingerprint density at radius 3 is 2.76 bits per heavy atom. The zero-order valence-electron chi connectivity index (χ0n) is 10.3. The topological polar surface area (TPSA) is 32.9 Å². The lowest BCUT2D eigenvalue weighted by Crippen LogP contribution is -2.04. The van der Waals surface area contributed by atoms with Crippen LogP contribution in [0.1, 0.15) is 36.3 Å². The fraction of sp³-hybridized carbons (Fsp3) is 0.357. The van der Waals surface area contributed by atoms with Crippen LogP contribution < -0.4 is 0 Å². The minimum absolute atomic E-state index is 0.0781. The summed E-state index contributed by atoms with van der Waals surface area (Å²) in [6.07, 6.45) is 0.490. The van der Waals surface area contributed by atoms with Gasteiger partial charge in [-0.15, -0.1) is 0 Å². The Labute approximate surface area is 99.8 Å². The molecule has 0 aliphatic heterocycles. The lowest BCUT2D eigenvalue weighted by atomic mass is 9.99. The van der Waals surface area contributed by atoms with Crippen molar-refractivity contribution in [2.45, 2.75) is 27.2 Å². The van der Waals surface area contributed by atoms with Crippen molar-refractivity contribution in [1.29, 1.82) is 0 Å². The van der Waals surface area contributed by atoms with Gasteiger partial charge in [0.05, 0.1) is 0 Å². The number of H-pyrrole nitrogens is 1. The van der Waals surface area contributed by atoms with Crippen LogP contribution >= 0.6 is 0 Å². The number of carbonyl (C=O) groups excluding carboxylic acids is 1. The summed E-state index contributed by atoms with van der Waals surface area (Å²) in [4.78, 5) is 15.2. The van der Waals surface area contributed by atoms with E-state index in [-0.39, 0.29) is 11.6 Å². The van der Waals surface area contributed by atoms with Crippen LogP contribution in [0.25, 0.3) is 10.9 Å². The molecule has 0 fully saturated rings. The summed E-state index contributed by atoms with van der Waals surface area (Å²) in [5.74, 6) is 0.0739. The van der Waals surface area contributed by atoms with Crippen molar-refractivity contribution < 1.29 is 9.18 Å². The molecular formula is C14H16FNO. The number of hydrogen-bond donors (Lipinski definition) is 1. The first-order valence-electron chi connectivity index (χ1n) is 5.80. The Balaban J connectivity index is 2.55. The molecule has 90 valence electrons. The molecule has 2 aromatic rings. The molecule has 0 unspecified atom stereocenters. The number of ketones is 1. The van der Waals surface area contributed by atoms with Gasteiger partial charge in [0.2, 0.25) is 0 Å². The van der Waals surface area contributed by atoms with E-state index in [1.165, 1.54) is 12.1 Å². The van der Waals surface area contributed by atoms with Crippen LogP contribution in [0.3, 0.4) is 0 Å². The van der Waals surface area contributed by atoms with Gasteiger partial charge < -0.3 is 4.98 Å². The smallest absolute Gasteiger partial charge is 0.165 e. The van der Waals surface area contributed by atoms with Gasteiger partial charge in [0.1, 0.15) is 5.82 Å². The van der Waals surface area contributed by atoms with Crippen molar-refractivity contribution in [2.75, 3.05) is 0 Å². The van der Waals surface area contributed by atoms with Crippen LogP contribution in [0, 0.1) is 18.7 Å². The van der Waals surface area contributed by atoms with Gasteiger partial charge in [0.15, 0.2) is 5.78 Å². The van der Waals surface area contributed by atoms with Gasteiger partial charge in [-0.2, -0.15) is 0 Å². The predicted octanol–water partition coefficient (Wildman–Crippen LogP) is 3.84. The van der Waals surface area contributed by atoms with E-state index in [4.69, 9.17) is 0 Å². The van der Waals surface area contributed by atoms with Crippen molar-refractivity contribution in [1.82, 2.24) is 4.98 Å². The van der Waals surface area contributed by atoms with E-state index in [0.29, 0.717) is 23.3 Å². The number of nitrogens with one attached hydrogen (secondary N) is 1. The van der Waals surface area contributed by atoms with E-state index >= 15 is 0 Å². The first kappa shape index (κ1) is 11.8. The normalized spacial score (nSPS) is 11.4. The molecular weight excluding hydrogens is 217 g/mol. The molecule has 0 aliphatic rings. The zero-order chi connectivity index (χ0) is 12.6. The van der Waals surface area contributed by atoms with Crippen molar-refractivity contribution in [2.24, 2.45) is 5.92 Å². The van der Waals surface area contributed by atoms with Crippen LogP contribution in [0.2, 0.25) is 0 Å². The monoisotopic (exact) mass is 233 g/mol. The van der Waals surface area contributed by atoms with Gasteiger partial charge in [-0.1, -0.05) is 13.8 Å². The highest BCUT2D eigenvalue weighted by atomic mass is 19.1. The molecule has 0 saturated heterocycles. The Kier molecular flexibility index (Phi) is 3.01. The fourth-order valence-corrected chi connectivity index (χ4v) is 2.13. The standard InChI is InChI=1S/C14H16FNO/c1-8(2)6-13(17)14-9(3)16-12-5-4-10(15)7-11(12)14/h4-5,7-8,16H,6H2,1-3H3. The first-order valence-corrected chi connectivity index (χ1v) is 5.80. The minimum atomic E-state index is -0.310. The van der Waals surface area contributed by atoms with Crippen molar-refractivity contribution in [3.63, 3.8) is 0 Å². The third-order valence-electron chi connectivity index (χ3n) is 2.82. The van der Waals surface area contributed by atoms with Crippen molar-refractivity contribution >= 4 is 16.7 Å². The summed E-state index contributed by atoms with van der Waals surface area (Å²) < 4.78 is 13.2. The summed E-state index contributed by atoms with van der Waals surface area (Å²) in [6, 6.07) is 4.49. The first-order chi connectivity index (χ1) is 7.99. The number of carbonyl (C=O) groups is 1. The van der Waals surface area contributed by atoms with E-state index < -0.39 is 0 Å². The fourth-order valence-electron chi connectivity index (χ4n) is 2.13. The molecule has 2 rings (SSSR count). The highest BCUT2D eigenvalue weighted by molar-refractivity contribution is 6.09. The number of Topliss-reactive ketones (excluding diaryl/α,β-unsaturated/α-hetero) is 1. The third-order valence-corrected chi connectivity index (χ3v) is 2.82. The maximum Gasteiger partial charge on any atom is 0.165 e. The summed E-state index contributed by atoms with van der Waals surface area (Å²) in [5, 5.41) is 0.688. The van der Waals surface area contributed by atoms with Crippen LogP contribution in [-0.4, -0.2) is 10.8 Å². The minimum Gasteiger partial charge on any atom is -0.358 e. The van der Waals surface area contributed by atoms with Gasteiger partial charge in [-0.25, -0.2) is 4.39 Å². The Hall–Kier alpha value is -1.64.